The minimum atomic E-state index is -1.54. The van der Waals surface area contributed by atoms with Gasteiger partial charge < -0.3 is 22.2 Å². The zero-order chi connectivity index (χ0) is 34.8. The number of fused-ring (bicyclic) bond motifs is 2. The second kappa shape index (κ2) is 13.7. The molecule has 252 valence electrons. The van der Waals surface area contributed by atoms with E-state index in [4.69, 9.17) is 22.2 Å². The van der Waals surface area contributed by atoms with Gasteiger partial charge in [0.2, 0.25) is 22.8 Å². The molecule has 0 spiro atoms. The largest absolute Gasteiger partial charge is 0.418 e. The molecule has 0 amide bonds. The Morgan fingerprint density at radius 2 is 1.12 bits per heavy atom. The number of nitrogens with zero attached hydrogens (tertiary/aromatic N) is 3. The van der Waals surface area contributed by atoms with Crippen molar-refractivity contribution in [3.63, 3.8) is 0 Å². The first-order chi connectivity index (χ1) is 24.2. The summed E-state index contributed by atoms with van der Waals surface area (Å²) in [4.78, 5) is 67.9. The fourth-order valence-electron chi connectivity index (χ4n) is 5.93. The third-order valence-corrected chi connectivity index (χ3v) is 8.19. The van der Waals surface area contributed by atoms with Crippen LogP contribution in [0.25, 0.3) is 22.3 Å². The molecule has 0 unspecified atom stereocenters. The van der Waals surface area contributed by atoms with Gasteiger partial charge in [0.05, 0.1) is 12.6 Å². The first-order valence-electron chi connectivity index (χ1n) is 15.4. The summed E-state index contributed by atoms with van der Waals surface area (Å²) in [5.74, 6) is -2.32. The van der Waals surface area contributed by atoms with Gasteiger partial charge in [-0.1, -0.05) is 65.8 Å². The van der Waals surface area contributed by atoms with E-state index < -0.39 is 62.0 Å². The van der Waals surface area contributed by atoms with Gasteiger partial charge in [0.1, 0.15) is 5.56 Å². The Morgan fingerprint density at radius 3 is 1.60 bits per heavy atom. The van der Waals surface area contributed by atoms with Crippen LogP contribution in [0.4, 0.5) is 4.39 Å². The fraction of sp³-hybridized carbons (Fsp3) is 0.167. The van der Waals surface area contributed by atoms with Crippen LogP contribution in [0.1, 0.15) is 39.0 Å². The molecular formula is C36H26FN3O10. The van der Waals surface area contributed by atoms with Gasteiger partial charge in [0, 0.05) is 56.5 Å². The molecule has 0 atom stereocenters. The molecule has 1 aliphatic heterocycles. The van der Waals surface area contributed by atoms with E-state index in [0.717, 1.165) is 13.1 Å². The van der Waals surface area contributed by atoms with E-state index in [9.17, 15) is 24.0 Å². The molecule has 6 aromatic rings. The summed E-state index contributed by atoms with van der Waals surface area (Å²) in [6.45, 7) is 3.09. The molecule has 1 saturated heterocycles. The summed E-state index contributed by atoms with van der Waals surface area (Å²) in [6.07, 6.45) is 0. The quantitative estimate of drug-likeness (QED) is 0.220. The summed E-state index contributed by atoms with van der Waals surface area (Å²) >= 11 is 0. The molecule has 50 heavy (non-hydrogen) atoms. The Morgan fingerprint density at radius 1 is 0.660 bits per heavy atom. The molecule has 0 N–H and O–H groups in total. The highest BCUT2D eigenvalue weighted by Gasteiger charge is 2.30. The Balaban J connectivity index is 1.21. The molecule has 13 nitrogen and oxygen atoms in total. The van der Waals surface area contributed by atoms with E-state index in [1.54, 1.807) is 0 Å². The number of benzene rings is 3. The van der Waals surface area contributed by atoms with Crippen molar-refractivity contribution in [2.75, 3.05) is 26.2 Å². The maximum atomic E-state index is 15.7. The van der Waals surface area contributed by atoms with E-state index in [-0.39, 0.29) is 18.3 Å². The first kappa shape index (κ1) is 32.3. The Labute approximate surface area is 279 Å². The summed E-state index contributed by atoms with van der Waals surface area (Å²) in [5, 5.41) is 3.87. The molecule has 3 aromatic heterocycles. The van der Waals surface area contributed by atoms with Crippen molar-refractivity contribution < 1.29 is 31.4 Å². The number of ketones is 1. The van der Waals surface area contributed by atoms with Crippen LogP contribution in [0.15, 0.2) is 132 Å². The van der Waals surface area contributed by atoms with Gasteiger partial charge in [0.25, 0.3) is 0 Å². The van der Waals surface area contributed by atoms with E-state index in [2.05, 4.69) is 39.2 Å². The van der Waals surface area contributed by atoms with Crippen LogP contribution in [0.5, 0.6) is 0 Å². The zero-order valence-electron chi connectivity index (χ0n) is 26.1. The molecule has 3 aromatic carbocycles. The number of hydrogen-bond acceptors (Lipinski definition) is 13. The van der Waals surface area contributed by atoms with E-state index in [1.807, 2.05) is 36.4 Å². The Kier molecular flexibility index (Phi) is 8.85. The van der Waals surface area contributed by atoms with Gasteiger partial charge in [-0.15, -0.1) is 0 Å². The minimum Gasteiger partial charge on any atom is -0.418 e. The molecule has 0 bridgehead atoms. The Bertz CT molecular complexity index is 2380. The topological polar surface area (TPSA) is 170 Å². The Hall–Kier alpha value is -6.25. The highest BCUT2D eigenvalue weighted by molar-refractivity contribution is 6.20. The van der Waals surface area contributed by atoms with Crippen LogP contribution in [0.2, 0.25) is 0 Å². The number of carbonyl (C=O) groups is 1. The lowest BCUT2D eigenvalue weighted by Crippen LogP contribution is -2.47. The van der Waals surface area contributed by atoms with Crippen molar-refractivity contribution in [1.82, 2.24) is 15.0 Å². The molecular weight excluding hydrogens is 653 g/mol. The monoisotopic (exact) mass is 679 g/mol. The van der Waals surface area contributed by atoms with Crippen molar-refractivity contribution in [2.45, 2.75) is 12.6 Å². The van der Waals surface area contributed by atoms with Crippen LogP contribution >= 0.6 is 0 Å². The molecule has 0 radical (unpaired) electrons. The number of hydrogen-bond donors (Lipinski definition) is 0. The highest BCUT2D eigenvalue weighted by atomic mass is 19.1. The number of aromatic nitrogens is 1. The zero-order valence-corrected chi connectivity index (χ0v) is 26.1. The normalized spacial score (nSPS) is 13.9. The average molecular weight is 680 g/mol. The molecule has 1 fully saturated rings. The minimum absolute atomic E-state index is 0.0661. The average Bonchev–Trinajstić information content (AvgIpc) is 3.59. The van der Waals surface area contributed by atoms with Crippen LogP contribution < -0.4 is 22.5 Å². The van der Waals surface area contributed by atoms with E-state index >= 15 is 4.39 Å². The van der Waals surface area contributed by atoms with E-state index in [0.29, 0.717) is 43.1 Å². The first-order valence-corrected chi connectivity index (χ1v) is 15.4. The van der Waals surface area contributed by atoms with Crippen LogP contribution in [0.3, 0.4) is 0 Å². The number of piperazine rings is 1. The van der Waals surface area contributed by atoms with Gasteiger partial charge in [0.15, 0.2) is 22.6 Å². The van der Waals surface area contributed by atoms with Crippen LogP contribution in [-0.2, 0) is 6.54 Å². The second-order valence-electron chi connectivity index (χ2n) is 11.4. The lowest BCUT2D eigenvalue weighted by atomic mass is 9.96. The summed E-state index contributed by atoms with van der Waals surface area (Å²) < 4.78 is 41.5. The molecule has 7 rings (SSSR count). The summed E-state index contributed by atoms with van der Waals surface area (Å²) in [5.41, 5.74) is -7.38. The maximum Gasteiger partial charge on any atom is 0.336 e. The van der Waals surface area contributed by atoms with Gasteiger partial charge >= 0.3 is 22.5 Å². The lowest BCUT2D eigenvalue weighted by molar-refractivity contribution is 0.0977. The molecule has 0 saturated carbocycles. The van der Waals surface area contributed by atoms with Crippen molar-refractivity contribution in [3.8, 4) is 0 Å². The molecule has 4 heterocycles. The predicted octanol–water partition coefficient (Wildman–Crippen LogP) is 4.20. The van der Waals surface area contributed by atoms with E-state index in [1.165, 1.54) is 17.2 Å². The summed E-state index contributed by atoms with van der Waals surface area (Å²) in [7, 11) is 0. The predicted molar refractivity (Wildman–Crippen MR) is 175 cm³/mol. The number of rotatable bonds is 7. The highest BCUT2D eigenvalue weighted by Crippen LogP contribution is 2.32. The maximum absolute atomic E-state index is 15.7. The van der Waals surface area contributed by atoms with Gasteiger partial charge in [-0.25, -0.2) is 19.2 Å². The second-order valence-corrected chi connectivity index (χ2v) is 11.4. The van der Waals surface area contributed by atoms with Crippen molar-refractivity contribution >= 4 is 28.1 Å². The smallest absolute Gasteiger partial charge is 0.336 e. The number of halogens is 1. The van der Waals surface area contributed by atoms with Crippen molar-refractivity contribution in [2.24, 2.45) is 0 Å². The van der Waals surface area contributed by atoms with Gasteiger partial charge in [-0.2, -0.15) is 4.39 Å². The molecule has 1 aliphatic rings. The van der Waals surface area contributed by atoms with Crippen LogP contribution in [-0.4, -0.2) is 46.9 Å². The fourth-order valence-corrected chi connectivity index (χ4v) is 5.93. The molecule has 0 aliphatic carbocycles. The van der Waals surface area contributed by atoms with Crippen molar-refractivity contribution in [3.05, 3.63) is 167 Å². The van der Waals surface area contributed by atoms with Gasteiger partial charge in [-0.05, 0) is 11.1 Å². The molecule has 14 heteroatoms. The standard InChI is InChI=1S/C36H26FN3O10/c37-30-35-33(46-25(41)11-13-27(43)48-35)29(34-36(30)49-28(44)14-12-26(42)47-34)32(45)24-19-23(50-38-24)20-39-15-17-40(18-16-39)31(21-7-3-1-4-8-21)22-9-5-2-6-10-22/h1-14,19,31H,15-18,20H2. The third kappa shape index (κ3) is 6.57. The summed E-state index contributed by atoms with van der Waals surface area (Å²) in [6, 6.07) is 24.7. The van der Waals surface area contributed by atoms with Gasteiger partial charge in [-0.3, -0.25) is 14.6 Å². The van der Waals surface area contributed by atoms with Crippen LogP contribution in [0, 0.1) is 5.82 Å². The lowest BCUT2D eigenvalue weighted by Gasteiger charge is -2.39. The SMILES string of the molecule is O=C(c1cc(CN2CCN(C(c3ccccc3)c3ccccc3)CC2)on1)c1c2oc(=O)ccc(=O)oc2c(F)c2oc(=O)ccc(=O)oc12. The third-order valence-electron chi connectivity index (χ3n) is 8.19. The number of carbonyl (C=O) groups excluding carboxylic acids is 1. The van der Waals surface area contributed by atoms with Crippen molar-refractivity contribution in [1.29, 1.82) is 0 Å².